The molecule has 0 bridgehead atoms. The van der Waals surface area contributed by atoms with Gasteiger partial charge < -0.3 is 9.64 Å². The smallest absolute Gasteiger partial charge is 0.319 e. The van der Waals surface area contributed by atoms with Gasteiger partial charge in [0.05, 0.1) is 10.9 Å². The number of aryl methyl sites for hydroxylation is 1. The fourth-order valence-corrected chi connectivity index (χ4v) is 7.53. The lowest BCUT2D eigenvalue weighted by molar-refractivity contribution is 0.108. The Morgan fingerprint density at radius 2 is 1.85 bits per heavy atom. The van der Waals surface area contributed by atoms with Gasteiger partial charge in [0.2, 0.25) is 0 Å². The van der Waals surface area contributed by atoms with Gasteiger partial charge in [-0.3, -0.25) is 9.88 Å². The van der Waals surface area contributed by atoms with Crippen molar-refractivity contribution in [3.8, 4) is 17.3 Å². The Morgan fingerprint density at radius 3 is 2.63 bits per heavy atom. The van der Waals surface area contributed by atoms with Gasteiger partial charge in [0.25, 0.3) is 0 Å². The van der Waals surface area contributed by atoms with Crippen molar-refractivity contribution in [2.75, 3.05) is 37.7 Å². The molecule has 0 N–H and O–H groups in total. The second kappa shape index (κ2) is 10.5. The average Bonchev–Trinajstić information content (AvgIpc) is 3.57. The standard InChI is InChI=1S/C33H37F2N5O/c1-3-23-26(34)12-11-22-9-4-10-24(27(22)23)29-28(35)30-25(18-36-29)31(39-15-5-8-21(2)19-39)38-32(37-30)41-20-33-13-6-16-40(33)17-7-14-33/h4,9-12,18,21H,3,5-8,13-17,19-20H2,1-2H3. The third kappa shape index (κ3) is 4.51. The van der Waals surface area contributed by atoms with E-state index in [0.717, 1.165) is 57.2 Å². The monoisotopic (exact) mass is 557 g/mol. The van der Waals surface area contributed by atoms with E-state index in [4.69, 9.17) is 9.72 Å². The van der Waals surface area contributed by atoms with Crippen molar-refractivity contribution in [1.29, 1.82) is 0 Å². The second-order valence-corrected chi connectivity index (χ2v) is 12.2. The van der Waals surface area contributed by atoms with Crippen molar-refractivity contribution < 1.29 is 13.5 Å². The Morgan fingerprint density at radius 1 is 1.02 bits per heavy atom. The van der Waals surface area contributed by atoms with Gasteiger partial charge in [0, 0.05) is 24.8 Å². The quantitative estimate of drug-likeness (QED) is 0.256. The molecule has 3 fully saturated rings. The van der Waals surface area contributed by atoms with Gasteiger partial charge in [-0.1, -0.05) is 38.1 Å². The highest BCUT2D eigenvalue weighted by Gasteiger charge is 2.45. The highest BCUT2D eigenvalue weighted by molar-refractivity contribution is 6.00. The van der Waals surface area contributed by atoms with Crippen LogP contribution in [-0.2, 0) is 6.42 Å². The first-order chi connectivity index (χ1) is 20.0. The van der Waals surface area contributed by atoms with E-state index >= 15 is 4.39 Å². The summed E-state index contributed by atoms with van der Waals surface area (Å²) in [5.74, 6) is 0.374. The zero-order valence-electron chi connectivity index (χ0n) is 23.9. The number of benzene rings is 2. The molecule has 3 saturated heterocycles. The van der Waals surface area contributed by atoms with Crippen LogP contribution in [0.3, 0.4) is 0 Å². The van der Waals surface area contributed by atoms with Crippen LogP contribution >= 0.6 is 0 Å². The van der Waals surface area contributed by atoms with Crippen molar-refractivity contribution in [3.63, 3.8) is 0 Å². The summed E-state index contributed by atoms with van der Waals surface area (Å²) in [4.78, 5) is 19.0. The molecule has 214 valence electrons. The Labute approximate surface area is 239 Å². The highest BCUT2D eigenvalue weighted by Crippen LogP contribution is 2.40. The molecular weight excluding hydrogens is 520 g/mol. The van der Waals surface area contributed by atoms with Gasteiger partial charge in [-0.05, 0) is 86.4 Å². The van der Waals surface area contributed by atoms with Crippen LogP contribution in [0.4, 0.5) is 14.6 Å². The molecule has 3 aliphatic heterocycles. The van der Waals surface area contributed by atoms with Gasteiger partial charge in [0.1, 0.15) is 29.5 Å². The second-order valence-electron chi connectivity index (χ2n) is 12.2. The number of anilines is 1. The first-order valence-corrected chi connectivity index (χ1v) is 15.2. The molecule has 7 rings (SSSR count). The lowest BCUT2D eigenvalue weighted by atomic mass is 9.95. The van der Waals surface area contributed by atoms with Crippen LogP contribution < -0.4 is 9.64 Å². The van der Waals surface area contributed by atoms with Crippen LogP contribution in [-0.4, -0.2) is 58.2 Å². The largest absolute Gasteiger partial charge is 0.461 e. The topological polar surface area (TPSA) is 54.4 Å². The van der Waals surface area contributed by atoms with Crippen molar-refractivity contribution in [3.05, 3.63) is 53.7 Å². The summed E-state index contributed by atoms with van der Waals surface area (Å²) in [7, 11) is 0. The third-order valence-corrected chi connectivity index (χ3v) is 9.59. The predicted octanol–water partition coefficient (Wildman–Crippen LogP) is 6.93. The Kier molecular flexibility index (Phi) is 6.76. The number of piperidine rings is 1. The van der Waals surface area contributed by atoms with Crippen LogP contribution in [0.25, 0.3) is 32.9 Å². The highest BCUT2D eigenvalue weighted by atomic mass is 19.1. The van der Waals surface area contributed by atoms with Gasteiger partial charge in [-0.2, -0.15) is 9.97 Å². The zero-order chi connectivity index (χ0) is 28.1. The molecule has 4 aromatic rings. The SMILES string of the molecule is CCc1c(F)ccc2cccc(-c3ncc4c(N5CCCC(C)C5)nc(OCC56CCCN5CCC6)nc4c3F)c12. The lowest BCUT2D eigenvalue weighted by Crippen LogP contribution is -2.43. The fraction of sp³-hybridized carbons (Fsp3) is 0.485. The molecule has 2 aromatic heterocycles. The number of aromatic nitrogens is 3. The molecule has 0 amide bonds. The molecule has 8 heteroatoms. The molecule has 5 heterocycles. The molecule has 1 atom stereocenters. The summed E-state index contributed by atoms with van der Waals surface area (Å²) in [6.45, 7) is 8.56. The molecule has 2 aromatic carbocycles. The van der Waals surface area contributed by atoms with Crippen molar-refractivity contribution in [2.24, 2.45) is 5.92 Å². The van der Waals surface area contributed by atoms with Gasteiger partial charge >= 0.3 is 6.01 Å². The van der Waals surface area contributed by atoms with Crippen LogP contribution in [0.2, 0.25) is 0 Å². The number of hydrogen-bond donors (Lipinski definition) is 0. The molecular formula is C33H37F2N5O. The number of ether oxygens (including phenoxy) is 1. The van der Waals surface area contributed by atoms with Crippen molar-refractivity contribution >= 4 is 27.5 Å². The number of fused-ring (bicyclic) bond motifs is 3. The Bertz CT molecular complexity index is 1620. The van der Waals surface area contributed by atoms with E-state index in [2.05, 4.69) is 26.7 Å². The number of halogens is 2. The predicted molar refractivity (Wildman–Crippen MR) is 158 cm³/mol. The maximum Gasteiger partial charge on any atom is 0.319 e. The summed E-state index contributed by atoms with van der Waals surface area (Å²) in [5.41, 5.74) is 1.53. The summed E-state index contributed by atoms with van der Waals surface area (Å²) in [6, 6.07) is 9.04. The summed E-state index contributed by atoms with van der Waals surface area (Å²) >= 11 is 0. The molecule has 0 aliphatic carbocycles. The van der Waals surface area contributed by atoms with E-state index in [0.29, 0.717) is 46.7 Å². The normalized spacial score (nSPS) is 20.7. The first-order valence-electron chi connectivity index (χ1n) is 15.2. The van der Waals surface area contributed by atoms with Gasteiger partial charge in [-0.25, -0.2) is 8.78 Å². The first kappa shape index (κ1) is 26.5. The zero-order valence-corrected chi connectivity index (χ0v) is 23.9. The average molecular weight is 558 g/mol. The summed E-state index contributed by atoms with van der Waals surface area (Å²) < 4.78 is 37.9. The minimum Gasteiger partial charge on any atom is -0.461 e. The fourth-order valence-electron chi connectivity index (χ4n) is 7.53. The van der Waals surface area contributed by atoms with E-state index in [1.165, 1.54) is 18.9 Å². The maximum absolute atomic E-state index is 16.6. The van der Waals surface area contributed by atoms with E-state index in [9.17, 15) is 4.39 Å². The minimum absolute atomic E-state index is 0.0314. The molecule has 3 aliphatic rings. The van der Waals surface area contributed by atoms with Gasteiger partial charge in [-0.15, -0.1) is 0 Å². The number of pyridine rings is 1. The summed E-state index contributed by atoms with van der Waals surface area (Å²) in [6.07, 6.45) is 8.96. The van der Waals surface area contributed by atoms with Crippen LogP contribution in [0, 0.1) is 17.6 Å². The Balaban J connectivity index is 1.37. The third-order valence-electron chi connectivity index (χ3n) is 9.59. The van der Waals surface area contributed by atoms with E-state index < -0.39 is 5.82 Å². The van der Waals surface area contributed by atoms with E-state index in [1.54, 1.807) is 12.3 Å². The van der Waals surface area contributed by atoms with E-state index in [-0.39, 0.29) is 28.6 Å². The van der Waals surface area contributed by atoms with Crippen molar-refractivity contribution in [1.82, 2.24) is 19.9 Å². The Hall–Kier alpha value is -3.39. The van der Waals surface area contributed by atoms with Crippen LogP contribution in [0.1, 0.15) is 57.9 Å². The number of nitrogens with zero attached hydrogens (tertiary/aromatic N) is 5. The number of rotatable bonds is 6. The minimum atomic E-state index is -0.526. The van der Waals surface area contributed by atoms with E-state index in [1.807, 2.05) is 25.1 Å². The maximum atomic E-state index is 16.6. The molecule has 0 spiro atoms. The van der Waals surface area contributed by atoms with Gasteiger partial charge in [0.15, 0.2) is 5.82 Å². The number of hydrogen-bond acceptors (Lipinski definition) is 6. The van der Waals surface area contributed by atoms with Crippen LogP contribution in [0.15, 0.2) is 36.5 Å². The molecule has 41 heavy (non-hydrogen) atoms. The molecule has 0 radical (unpaired) electrons. The van der Waals surface area contributed by atoms with Crippen molar-refractivity contribution in [2.45, 2.75) is 64.3 Å². The van der Waals surface area contributed by atoms with Crippen LogP contribution in [0.5, 0.6) is 6.01 Å². The lowest BCUT2D eigenvalue weighted by Gasteiger charge is -2.33. The molecule has 0 saturated carbocycles. The molecule has 6 nitrogen and oxygen atoms in total. The molecule has 1 unspecified atom stereocenters. The summed E-state index contributed by atoms with van der Waals surface area (Å²) in [5, 5.41) is 2.13.